The van der Waals surface area contributed by atoms with Gasteiger partial charge in [0.15, 0.2) is 5.69 Å². The van der Waals surface area contributed by atoms with Crippen LogP contribution in [0.15, 0.2) is 77.3 Å². The lowest BCUT2D eigenvalue weighted by molar-refractivity contribution is 0.0601. The average molecular weight is 456 g/mol. The van der Waals surface area contributed by atoms with E-state index in [0.29, 0.717) is 23.6 Å². The molecule has 0 aliphatic carbocycles. The monoisotopic (exact) mass is 455 g/mol. The van der Waals surface area contributed by atoms with Gasteiger partial charge in [-0.05, 0) is 48.2 Å². The van der Waals surface area contributed by atoms with E-state index in [-0.39, 0.29) is 17.6 Å². The summed E-state index contributed by atoms with van der Waals surface area (Å²) < 4.78 is 9.90. The summed E-state index contributed by atoms with van der Waals surface area (Å²) in [4.78, 5) is 24.7. The van der Waals surface area contributed by atoms with E-state index in [9.17, 15) is 9.59 Å². The molecule has 7 nitrogen and oxygen atoms in total. The van der Waals surface area contributed by atoms with Crippen LogP contribution in [0.3, 0.4) is 0 Å². The predicted octanol–water partition coefficient (Wildman–Crippen LogP) is 5.61. The second-order valence-electron chi connectivity index (χ2n) is 7.86. The first-order valence-electron chi connectivity index (χ1n) is 10.8. The molecule has 7 heteroatoms. The molecule has 0 saturated heterocycles. The van der Waals surface area contributed by atoms with Crippen molar-refractivity contribution in [2.75, 3.05) is 17.7 Å². The van der Waals surface area contributed by atoms with Crippen molar-refractivity contribution in [3.63, 3.8) is 0 Å². The van der Waals surface area contributed by atoms with Gasteiger partial charge in [0.05, 0.1) is 24.0 Å². The number of hydrogen-bond donors (Lipinski definition) is 2. The highest BCUT2D eigenvalue weighted by Gasteiger charge is 2.15. The van der Waals surface area contributed by atoms with Crippen LogP contribution in [-0.4, -0.2) is 24.1 Å². The third-order valence-electron chi connectivity index (χ3n) is 5.45. The predicted molar refractivity (Wildman–Crippen MR) is 131 cm³/mol. The molecule has 4 rings (SSSR count). The van der Waals surface area contributed by atoms with Crippen molar-refractivity contribution < 1.29 is 18.8 Å². The van der Waals surface area contributed by atoms with Crippen LogP contribution in [0.25, 0.3) is 11.1 Å². The zero-order valence-corrected chi connectivity index (χ0v) is 19.2. The Morgan fingerprint density at radius 2 is 1.74 bits per heavy atom. The van der Waals surface area contributed by atoms with Crippen LogP contribution in [0.5, 0.6) is 0 Å². The number of hydrogen-bond acceptors (Lipinski definition) is 6. The van der Waals surface area contributed by atoms with Crippen molar-refractivity contribution in [2.45, 2.75) is 20.4 Å². The Bertz CT molecular complexity index is 1330. The van der Waals surface area contributed by atoms with E-state index in [2.05, 4.69) is 15.8 Å². The van der Waals surface area contributed by atoms with Gasteiger partial charge in [-0.15, -0.1) is 0 Å². The van der Waals surface area contributed by atoms with Crippen molar-refractivity contribution >= 4 is 23.3 Å². The number of amides is 1. The number of carbonyl (C=O) groups is 2. The molecule has 0 atom stereocenters. The lowest BCUT2D eigenvalue weighted by atomic mass is 9.98. The molecule has 1 amide bonds. The molecule has 34 heavy (non-hydrogen) atoms. The first-order chi connectivity index (χ1) is 16.5. The fourth-order valence-electron chi connectivity index (χ4n) is 3.65. The highest BCUT2D eigenvalue weighted by molar-refractivity contribution is 6.05. The molecule has 0 saturated carbocycles. The SMILES string of the molecule is COC(=O)c1ccccc1-c1ccc(CNc2cccc(C)c2NC(=O)c2cc(C)on2)cc1. The summed E-state index contributed by atoms with van der Waals surface area (Å²) in [7, 11) is 1.38. The van der Waals surface area contributed by atoms with Gasteiger partial charge < -0.3 is 19.9 Å². The molecular weight excluding hydrogens is 430 g/mol. The molecule has 3 aromatic carbocycles. The number of aryl methyl sites for hydroxylation is 2. The first-order valence-corrected chi connectivity index (χ1v) is 10.8. The second-order valence-corrected chi connectivity index (χ2v) is 7.86. The first kappa shape index (κ1) is 22.8. The van der Waals surface area contributed by atoms with Crippen LogP contribution < -0.4 is 10.6 Å². The van der Waals surface area contributed by atoms with Gasteiger partial charge in [0.25, 0.3) is 5.91 Å². The fraction of sp³-hybridized carbons (Fsp3) is 0.148. The Hall–Kier alpha value is -4.39. The van der Waals surface area contributed by atoms with E-state index in [1.54, 1.807) is 19.1 Å². The molecule has 0 bridgehead atoms. The van der Waals surface area contributed by atoms with Gasteiger partial charge in [0, 0.05) is 12.6 Å². The quantitative estimate of drug-likeness (QED) is 0.352. The minimum atomic E-state index is -0.365. The van der Waals surface area contributed by atoms with E-state index in [4.69, 9.17) is 9.26 Å². The Kier molecular flexibility index (Phi) is 6.73. The van der Waals surface area contributed by atoms with E-state index in [0.717, 1.165) is 27.9 Å². The third kappa shape index (κ3) is 4.99. The standard InChI is InChI=1S/C27H25N3O4/c1-17-7-6-10-23(25(17)29-26(31)24-15-18(2)34-30-24)28-16-19-11-13-20(14-12-19)21-8-4-5-9-22(21)27(32)33-3/h4-15,28H,16H2,1-3H3,(H,29,31). The minimum Gasteiger partial charge on any atom is -0.465 e. The average Bonchev–Trinajstić information content (AvgIpc) is 3.30. The summed E-state index contributed by atoms with van der Waals surface area (Å²) in [5, 5.41) is 10.1. The van der Waals surface area contributed by atoms with Crippen molar-refractivity contribution in [1.82, 2.24) is 5.16 Å². The van der Waals surface area contributed by atoms with Gasteiger partial charge in [0.2, 0.25) is 0 Å². The number of para-hydroxylation sites is 1. The van der Waals surface area contributed by atoms with E-state index >= 15 is 0 Å². The van der Waals surface area contributed by atoms with E-state index < -0.39 is 0 Å². The number of methoxy groups -OCH3 is 1. The summed E-state index contributed by atoms with van der Waals surface area (Å²) >= 11 is 0. The zero-order chi connectivity index (χ0) is 24.1. The van der Waals surface area contributed by atoms with Gasteiger partial charge in [-0.2, -0.15) is 0 Å². The summed E-state index contributed by atoms with van der Waals surface area (Å²) in [6, 6.07) is 22.7. The van der Waals surface area contributed by atoms with E-state index in [1.807, 2.05) is 67.6 Å². The molecule has 0 unspecified atom stereocenters. The van der Waals surface area contributed by atoms with E-state index in [1.165, 1.54) is 7.11 Å². The van der Waals surface area contributed by atoms with Gasteiger partial charge in [0.1, 0.15) is 5.76 Å². The number of nitrogens with zero attached hydrogens (tertiary/aromatic N) is 1. The minimum absolute atomic E-state index is 0.231. The fourth-order valence-corrected chi connectivity index (χ4v) is 3.65. The lowest BCUT2D eigenvalue weighted by Crippen LogP contribution is -2.15. The second kappa shape index (κ2) is 10.0. The van der Waals surface area contributed by atoms with Crippen molar-refractivity contribution in [3.05, 3.63) is 101 Å². The maximum Gasteiger partial charge on any atom is 0.338 e. The highest BCUT2D eigenvalue weighted by Crippen LogP contribution is 2.28. The molecule has 4 aromatic rings. The summed E-state index contributed by atoms with van der Waals surface area (Å²) in [5.41, 5.74) is 5.97. The largest absolute Gasteiger partial charge is 0.465 e. The van der Waals surface area contributed by atoms with Gasteiger partial charge >= 0.3 is 5.97 Å². The molecular formula is C27H25N3O4. The van der Waals surface area contributed by atoms with Gasteiger partial charge in [-0.1, -0.05) is 59.8 Å². The number of rotatable bonds is 7. The third-order valence-corrected chi connectivity index (χ3v) is 5.45. The zero-order valence-electron chi connectivity index (χ0n) is 19.2. The Labute approximate surface area is 197 Å². The van der Waals surface area contributed by atoms with Crippen molar-refractivity contribution in [1.29, 1.82) is 0 Å². The summed E-state index contributed by atoms with van der Waals surface area (Å²) in [6.07, 6.45) is 0. The normalized spacial score (nSPS) is 10.6. The van der Waals surface area contributed by atoms with Crippen LogP contribution in [0.1, 0.15) is 37.7 Å². The van der Waals surface area contributed by atoms with Gasteiger partial charge in [-0.3, -0.25) is 4.79 Å². The number of nitrogens with one attached hydrogen (secondary N) is 2. The Balaban J connectivity index is 1.49. The van der Waals surface area contributed by atoms with Crippen LogP contribution in [0, 0.1) is 13.8 Å². The van der Waals surface area contributed by atoms with Crippen LogP contribution in [0.4, 0.5) is 11.4 Å². The molecule has 0 spiro atoms. The topological polar surface area (TPSA) is 93.5 Å². The Morgan fingerprint density at radius 3 is 2.44 bits per heavy atom. The molecule has 1 heterocycles. The highest BCUT2D eigenvalue weighted by atomic mass is 16.5. The smallest absolute Gasteiger partial charge is 0.338 e. The molecule has 0 fully saturated rings. The number of esters is 1. The summed E-state index contributed by atoms with van der Waals surface area (Å²) in [6.45, 7) is 4.22. The van der Waals surface area contributed by atoms with Crippen LogP contribution >= 0.6 is 0 Å². The van der Waals surface area contributed by atoms with Gasteiger partial charge in [-0.25, -0.2) is 4.79 Å². The maximum absolute atomic E-state index is 12.6. The maximum atomic E-state index is 12.6. The number of anilines is 2. The van der Waals surface area contributed by atoms with Crippen LogP contribution in [0.2, 0.25) is 0 Å². The molecule has 2 N–H and O–H groups in total. The molecule has 0 aliphatic heterocycles. The molecule has 0 aliphatic rings. The number of ether oxygens (including phenoxy) is 1. The summed E-state index contributed by atoms with van der Waals surface area (Å²) in [5.74, 6) is -0.120. The molecule has 172 valence electrons. The molecule has 0 radical (unpaired) electrons. The van der Waals surface area contributed by atoms with Crippen molar-refractivity contribution in [3.8, 4) is 11.1 Å². The molecule has 1 aromatic heterocycles. The van der Waals surface area contributed by atoms with Crippen LogP contribution in [-0.2, 0) is 11.3 Å². The van der Waals surface area contributed by atoms with Crippen molar-refractivity contribution in [2.24, 2.45) is 0 Å². The Morgan fingerprint density at radius 1 is 0.971 bits per heavy atom. The number of carbonyl (C=O) groups excluding carboxylic acids is 2. The number of aromatic nitrogens is 1. The number of benzene rings is 3. The lowest BCUT2D eigenvalue weighted by Gasteiger charge is -2.15.